The summed E-state index contributed by atoms with van der Waals surface area (Å²) >= 11 is 1.42. The lowest BCUT2D eigenvalue weighted by atomic mass is 9.96. The molecule has 1 N–H and O–H groups in total. The monoisotopic (exact) mass is 345 g/mol. The van der Waals surface area contributed by atoms with Crippen LogP contribution in [0.3, 0.4) is 0 Å². The molecule has 1 aromatic carbocycles. The van der Waals surface area contributed by atoms with Crippen LogP contribution < -0.4 is 5.32 Å². The Hall–Kier alpha value is -1.95. The van der Waals surface area contributed by atoms with E-state index in [9.17, 15) is 9.59 Å². The number of aromatic nitrogens is 1. The Bertz CT molecular complexity index is 700. The Kier molecular flexibility index (Phi) is 5.14. The maximum absolute atomic E-state index is 12.3. The van der Waals surface area contributed by atoms with Gasteiger partial charge in [-0.25, -0.2) is 4.98 Å². The van der Waals surface area contributed by atoms with E-state index in [1.165, 1.54) is 11.3 Å². The topological polar surface area (TPSA) is 62.3 Å². The number of carbonyl (C=O) groups is 2. The zero-order chi connectivity index (χ0) is 17.1. The fourth-order valence-electron chi connectivity index (χ4n) is 3.00. The SMILES string of the molecule is CC(C)C(=O)N1CCC(CNC(=O)c2nc3ccccc3s2)CC1. The van der Waals surface area contributed by atoms with Gasteiger partial charge < -0.3 is 10.2 Å². The van der Waals surface area contributed by atoms with Crippen molar-refractivity contribution < 1.29 is 9.59 Å². The van der Waals surface area contributed by atoms with Gasteiger partial charge in [0.05, 0.1) is 10.2 Å². The molecular weight excluding hydrogens is 322 g/mol. The Labute approximate surface area is 146 Å². The van der Waals surface area contributed by atoms with Gasteiger partial charge in [0.1, 0.15) is 0 Å². The number of likely N-dealkylation sites (tertiary alicyclic amines) is 1. The minimum Gasteiger partial charge on any atom is -0.350 e. The summed E-state index contributed by atoms with van der Waals surface area (Å²) in [4.78, 5) is 30.6. The van der Waals surface area contributed by atoms with Gasteiger partial charge >= 0.3 is 0 Å². The molecule has 24 heavy (non-hydrogen) atoms. The maximum atomic E-state index is 12.3. The first-order chi connectivity index (χ1) is 11.5. The number of nitrogens with zero attached hydrogens (tertiary/aromatic N) is 2. The van der Waals surface area contributed by atoms with Crippen molar-refractivity contribution in [2.75, 3.05) is 19.6 Å². The molecule has 6 heteroatoms. The number of hydrogen-bond donors (Lipinski definition) is 1. The molecule has 1 aliphatic heterocycles. The fraction of sp³-hybridized carbons (Fsp3) is 0.500. The van der Waals surface area contributed by atoms with Crippen LogP contribution in [0.5, 0.6) is 0 Å². The third kappa shape index (κ3) is 3.75. The van der Waals surface area contributed by atoms with Crippen molar-refractivity contribution >= 4 is 33.4 Å². The van der Waals surface area contributed by atoms with E-state index in [1.54, 1.807) is 0 Å². The Morgan fingerprint density at radius 1 is 1.29 bits per heavy atom. The Morgan fingerprint density at radius 3 is 2.67 bits per heavy atom. The highest BCUT2D eigenvalue weighted by molar-refractivity contribution is 7.20. The standard InChI is InChI=1S/C18H23N3O2S/c1-12(2)18(23)21-9-7-13(8-10-21)11-19-16(22)17-20-14-5-3-4-6-15(14)24-17/h3-6,12-13H,7-11H2,1-2H3,(H,19,22). The number of hydrogen-bond acceptors (Lipinski definition) is 4. The lowest BCUT2D eigenvalue weighted by Crippen LogP contribution is -2.43. The van der Waals surface area contributed by atoms with Crippen LogP contribution in [0.15, 0.2) is 24.3 Å². The van der Waals surface area contributed by atoms with Crippen molar-refractivity contribution in [2.24, 2.45) is 11.8 Å². The van der Waals surface area contributed by atoms with E-state index in [1.807, 2.05) is 43.0 Å². The molecule has 1 fully saturated rings. The summed E-state index contributed by atoms with van der Waals surface area (Å²) in [7, 11) is 0. The Morgan fingerprint density at radius 2 is 2.00 bits per heavy atom. The van der Waals surface area contributed by atoms with Crippen LogP contribution in [0, 0.1) is 11.8 Å². The van der Waals surface area contributed by atoms with Gasteiger partial charge in [-0.15, -0.1) is 11.3 Å². The summed E-state index contributed by atoms with van der Waals surface area (Å²) < 4.78 is 1.03. The summed E-state index contributed by atoms with van der Waals surface area (Å²) in [5.41, 5.74) is 0.869. The van der Waals surface area contributed by atoms with Crippen molar-refractivity contribution in [1.29, 1.82) is 0 Å². The summed E-state index contributed by atoms with van der Waals surface area (Å²) in [5.74, 6) is 0.615. The number of carbonyl (C=O) groups excluding carboxylic acids is 2. The number of amides is 2. The molecule has 3 rings (SSSR count). The van der Waals surface area contributed by atoms with Crippen molar-refractivity contribution in [2.45, 2.75) is 26.7 Å². The fourth-order valence-corrected chi connectivity index (χ4v) is 3.89. The van der Waals surface area contributed by atoms with E-state index in [0.717, 1.165) is 36.1 Å². The first kappa shape index (κ1) is 16.9. The van der Waals surface area contributed by atoms with E-state index >= 15 is 0 Å². The van der Waals surface area contributed by atoms with Gasteiger partial charge in [0, 0.05) is 25.6 Å². The molecule has 0 aliphatic carbocycles. The molecule has 1 aromatic heterocycles. The minimum absolute atomic E-state index is 0.0558. The van der Waals surface area contributed by atoms with Gasteiger partial charge in [-0.2, -0.15) is 0 Å². The molecule has 1 saturated heterocycles. The van der Waals surface area contributed by atoms with Gasteiger partial charge in [-0.3, -0.25) is 9.59 Å². The van der Waals surface area contributed by atoms with Crippen LogP contribution in [0.4, 0.5) is 0 Å². The third-order valence-electron chi connectivity index (χ3n) is 4.46. The van der Waals surface area contributed by atoms with E-state index in [0.29, 0.717) is 17.5 Å². The van der Waals surface area contributed by atoms with Gasteiger partial charge in [0.15, 0.2) is 5.01 Å². The molecule has 2 aromatic rings. The molecule has 128 valence electrons. The van der Waals surface area contributed by atoms with Crippen molar-refractivity contribution in [1.82, 2.24) is 15.2 Å². The van der Waals surface area contributed by atoms with E-state index in [2.05, 4.69) is 10.3 Å². The molecule has 2 amide bonds. The zero-order valence-electron chi connectivity index (χ0n) is 14.1. The second kappa shape index (κ2) is 7.30. The Balaban J connectivity index is 1.49. The summed E-state index contributed by atoms with van der Waals surface area (Å²) in [6.45, 7) is 6.11. The van der Waals surface area contributed by atoms with Gasteiger partial charge in [-0.05, 0) is 30.9 Å². The number of thiazole rings is 1. The highest BCUT2D eigenvalue weighted by atomic mass is 32.1. The number of fused-ring (bicyclic) bond motifs is 1. The molecule has 0 unspecified atom stereocenters. The molecule has 0 saturated carbocycles. The number of nitrogens with one attached hydrogen (secondary N) is 1. The first-order valence-electron chi connectivity index (χ1n) is 8.47. The predicted molar refractivity (Wildman–Crippen MR) is 96.1 cm³/mol. The molecule has 2 heterocycles. The van der Waals surface area contributed by atoms with Crippen LogP contribution in [0.2, 0.25) is 0 Å². The number of benzene rings is 1. The quantitative estimate of drug-likeness (QED) is 0.927. The minimum atomic E-state index is -0.100. The van der Waals surface area contributed by atoms with Crippen LogP contribution in [-0.4, -0.2) is 41.3 Å². The van der Waals surface area contributed by atoms with Crippen molar-refractivity contribution in [3.63, 3.8) is 0 Å². The second-order valence-corrected chi connectivity index (χ2v) is 7.65. The predicted octanol–water partition coefficient (Wildman–Crippen LogP) is 2.92. The third-order valence-corrected chi connectivity index (χ3v) is 5.49. The average Bonchev–Trinajstić information content (AvgIpc) is 3.03. The highest BCUT2D eigenvalue weighted by Gasteiger charge is 2.24. The lowest BCUT2D eigenvalue weighted by molar-refractivity contribution is -0.135. The van der Waals surface area contributed by atoms with E-state index in [4.69, 9.17) is 0 Å². The lowest BCUT2D eigenvalue weighted by Gasteiger charge is -2.33. The van der Waals surface area contributed by atoms with E-state index < -0.39 is 0 Å². The molecule has 5 nitrogen and oxygen atoms in total. The van der Waals surface area contributed by atoms with Gasteiger partial charge in [-0.1, -0.05) is 26.0 Å². The van der Waals surface area contributed by atoms with E-state index in [-0.39, 0.29) is 17.7 Å². The number of piperidine rings is 1. The molecular formula is C18H23N3O2S. The van der Waals surface area contributed by atoms with Gasteiger partial charge in [0.25, 0.3) is 5.91 Å². The smallest absolute Gasteiger partial charge is 0.280 e. The molecule has 0 atom stereocenters. The van der Waals surface area contributed by atoms with Crippen LogP contribution in [0.1, 0.15) is 36.5 Å². The van der Waals surface area contributed by atoms with Crippen molar-refractivity contribution in [3.8, 4) is 0 Å². The molecule has 0 bridgehead atoms. The van der Waals surface area contributed by atoms with Crippen LogP contribution >= 0.6 is 11.3 Å². The summed E-state index contributed by atoms with van der Waals surface area (Å²) in [6.07, 6.45) is 1.89. The van der Waals surface area contributed by atoms with Crippen LogP contribution in [-0.2, 0) is 4.79 Å². The highest BCUT2D eigenvalue weighted by Crippen LogP contribution is 2.22. The number of para-hydroxylation sites is 1. The average molecular weight is 345 g/mol. The molecule has 1 aliphatic rings. The summed E-state index contributed by atoms with van der Waals surface area (Å²) in [6, 6.07) is 7.78. The molecule has 0 radical (unpaired) electrons. The second-order valence-electron chi connectivity index (χ2n) is 6.62. The number of rotatable bonds is 4. The van der Waals surface area contributed by atoms with Crippen molar-refractivity contribution in [3.05, 3.63) is 29.3 Å². The maximum Gasteiger partial charge on any atom is 0.280 e. The largest absolute Gasteiger partial charge is 0.350 e. The normalized spacial score (nSPS) is 15.9. The first-order valence-corrected chi connectivity index (χ1v) is 9.29. The zero-order valence-corrected chi connectivity index (χ0v) is 14.9. The van der Waals surface area contributed by atoms with Gasteiger partial charge in [0.2, 0.25) is 5.91 Å². The molecule has 0 spiro atoms. The van der Waals surface area contributed by atoms with Crippen LogP contribution in [0.25, 0.3) is 10.2 Å². The summed E-state index contributed by atoms with van der Waals surface area (Å²) in [5, 5.41) is 3.52.